The molecule has 1 aliphatic heterocycles. The second-order valence-electron chi connectivity index (χ2n) is 3.66. The first-order chi connectivity index (χ1) is 6.38. The Hall–Kier alpha value is -0.0400. The van der Waals surface area contributed by atoms with Crippen molar-refractivity contribution >= 4 is 0 Å². The van der Waals surface area contributed by atoms with Crippen LogP contribution in [0.4, 0.5) is 0 Å². The molecule has 1 rings (SSSR count). The fourth-order valence-electron chi connectivity index (χ4n) is 2.16. The van der Waals surface area contributed by atoms with E-state index in [-0.39, 0.29) is 0 Å². The third-order valence-electron chi connectivity index (χ3n) is 2.85. The van der Waals surface area contributed by atoms with Crippen LogP contribution in [0, 0.1) is 5.92 Å². The highest BCUT2D eigenvalue weighted by molar-refractivity contribution is 4.79. The highest BCUT2D eigenvalue weighted by Gasteiger charge is 2.21. The average molecular weight is 185 g/mol. The molecular weight excluding hydrogens is 158 g/mol. The van der Waals surface area contributed by atoms with Gasteiger partial charge in [-0.05, 0) is 31.7 Å². The first kappa shape index (κ1) is 13.0. The molecule has 1 heteroatoms. The molecule has 1 nitrogen and oxygen atoms in total. The molecule has 2 unspecified atom stereocenters. The first-order valence-corrected chi connectivity index (χ1v) is 6.11. The predicted octanol–water partition coefficient (Wildman–Crippen LogP) is 3.59. The molecule has 0 saturated carbocycles. The van der Waals surface area contributed by atoms with Gasteiger partial charge in [0.15, 0.2) is 0 Å². The minimum atomic E-state index is 0.832. The smallest absolute Gasteiger partial charge is 0.00951 e. The molecule has 1 fully saturated rings. The number of rotatable bonds is 3. The van der Waals surface area contributed by atoms with Gasteiger partial charge in [0.2, 0.25) is 0 Å². The van der Waals surface area contributed by atoms with Crippen molar-refractivity contribution in [3.05, 3.63) is 0 Å². The first-order valence-electron chi connectivity index (χ1n) is 6.11. The van der Waals surface area contributed by atoms with Gasteiger partial charge in [-0.1, -0.05) is 40.5 Å². The molecule has 0 bridgehead atoms. The molecule has 80 valence electrons. The van der Waals surface area contributed by atoms with Gasteiger partial charge in [-0.3, -0.25) is 0 Å². The van der Waals surface area contributed by atoms with E-state index in [9.17, 15) is 0 Å². The summed E-state index contributed by atoms with van der Waals surface area (Å²) in [6.07, 6.45) is 6.90. The molecular formula is C12H27N. The van der Waals surface area contributed by atoms with Crippen molar-refractivity contribution in [2.75, 3.05) is 6.54 Å². The molecule has 13 heavy (non-hydrogen) atoms. The lowest BCUT2D eigenvalue weighted by molar-refractivity contribution is 0.259. The Morgan fingerprint density at radius 2 is 1.92 bits per heavy atom. The summed E-state index contributed by atoms with van der Waals surface area (Å²) < 4.78 is 0. The van der Waals surface area contributed by atoms with E-state index < -0.39 is 0 Å². The van der Waals surface area contributed by atoms with Gasteiger partial charge < -0.3 is 5.32 Å². The van der Waals surface area contributed by atoms with E-state index >= 15 is 0 Å². The van der Waals surface area contributed by atoms with Gasteiger partial charge in [-0.25, -0.2) is 0 Å². The molecule has 0 aromatic rings. The van der Waals surface area contributed by atoms with Crippen LogP contribution in [0.1, 0.15) is 59.8 Å². The number of hydrogen-bond acceptors (Lipinski definition) is 1. The molecule has 1 N–H and O–H groups in total. The zero-order chi connectivity index (χ0) is 10.1. The van der Waals surface area contributed by atoms with Crippen LogP contribution in [-0.4, -0.2) is 12.6 Å². The summed E-state index contributed by atoms with van der Waals surface area (Å²) in [6, 6.07) is 0.832. The fourth-order valence-corrected chi connectivity index (χ4v) is 2.16. The molecule has 2 atom stereocenters. The van der Waals surface area contributed by atoms with Crippen LogP contribution in [0.2, 0.25) is 0 Å². The molecule has 0 radical (unpaired) electrons. The predicted molar refractivity (Wildman–Crippen MR) is 61.1 cm³/mol. The van der Waals surface area contributed by atoms with Crippen LogP contribution < -0.4 is 5.32 Å². The lowest BCUT2D eigenvalue weighted by atomic mass is 9.86. The van der Waals surface area contributed by atoms with E-state index in [1.807, 2.05) is 13.8 Å². The minimum Gasteiger partial charge on any atom is -0.314 e. The molecule has 0 amide bonds. The zero-order valence-corrected chi connectivity index (χ0v) is 9.90. The average Bonchev–Trinajstić information content (AvgIpc) is 2.22. The third-order valence-corrected chi connectivity index (χ3v) is 2.85. The van der Waals surface area contributed by atoms with E-state index in [0.29, 0.717) is 0 Å². The van der Waals surface area contributed by atoms with Gasteiger partial charge >= 0.3 is 0 Å². The standard InChI is InChI=1S/C10H21N.C2H6/c1-3-6-10-9(4-2)7-5-8-11-10;1-2/h9-11H,3-8H2,1-2H3;1-2H3. The van der Waals surface area contributed by atoms with E-state index in [0.717, 1.165) is 12.0 Å². The molecule has 1 saturated heterocycles. The normalized spacial score (nSPS) is 27.7. The largest absolute Gasteiger partial charge is 0.314 e. The minimum absolute atomic E-state index is 0.832. The van der Waals surface area contributed by atoms with Crippen molar-refractivity contribution in [3.63, 3.8) is 0 Å². The van der Waals surface area contributed by atoms with Gasteiger partial charge in [0.1, 0.15) is 0 Å². The maximum atomic E-state index is 3.62. The van der Waals surface area contributed by atoms with Crippen LogP contribution >= 0.6 is 0 Å². The van der Waals surface area contributed by atoms with Crippen LogP contribution in [0.3, 0.4) is 0 Å². The Morgan fingerprint density at radius 1 is 1.23 bits per heavy atom. The molecule has 0 aliphatic carbocycles. The Kier molecular flexibility index (Phi) is 8.53. The van der Waals surface area contributed by atoms with E-state index in [1.165, 1.54) is 38.6 Å². The summed E-state index contributed by atoms with van der Waals surface area (Å²) in [6.45, 7) is 9.85. The van der Waals surface area contributed by atoms with Gasteiger partial charge in [0.05, 0.1) is 0 Å². The number of hydrogen-bond donors (Lipinski definition) is 1. The van der Waals surface area contributed by atoms with E-state index in [4.69, 9.17) is 0 Å². The summed E-state index contributed by atoms with van der Waals surface area (Å²) >= 11 is 0. The summed E-state index contributed by atoms with van der Waals surface area (Å²) in [5, 5.41) is 3.62. The zero-order valence-electron chi connectivity index (χ0n) is 9.90. The second kappa shape index (κ2) is 8.55. The molecule has 0 aromatic carbocycles. The van der Waals surface area contributed by atoms with Gasteiger partial charge in [-0.2, -0.15) is 0 Å². The van der Waals surface area contributed by atoms with Crippen LogP contribution in [0.15, 0.2) is 0 Å². The number of piperidine rings is 1. The summed E-state index contributed by atoms with van der Waals surface area (Å²) in [5.41, 5.74) is 0. The van der Waals surface area contributed by atoms with Crippen molar-refractivity contribution in [3.8, 4) is 0 Å². The number of nitrogens with one attached hydrogen (secondary N) is 1. The van der Waals surface area contributed by atoms with Crippen LogP contribution in [-0.2, 0) is 0 Å². The van der Waals surface area contributed by atoms with Gasteiger partial charge in [0.25, 0.3) is 0 Å². The Bertz CT molecular complexity index is 99.3. The summed E-state index contributed by atoms with van der Waals surface area (Å²) in [7, 11) is 0. The lowest BCUT2D eigenvalue weighted by Crippen LogP contribution is -2.40. The Morgan fingerprint density at radius 3 is 2.46 bits per heavy atom. The summed E-state index contributed by atoms with van der Waals surface area (Å²) in [4.78, 5) is 0. The van der Waals surface area contributed by atoms with Crippen LogP contribution in [0.25, 0.3) is 0 Å². The van der Waals surface area contributed by atoms with Gasteiger partial charge in [-0.15, -0.1) is 0 Å². The highest BCUT2D eigenvalue weighted by Crippen LogP contribution is 2.22. The van der Waals surface area contributed by atoms with E-state index in [2.05, 4.69) is 19.2 Å². The topological polar surface area (TPSA) is 12.0 Å². The molecule has 0 spiro atoms. The quantitative estimate of drug-likeness (QED) is 0.708. The van der Waals surface area contributed by atoms with Crippen LogP contribution in [0.5, 0.6) is 0 Å². The SMILES string of the molecule is CC.CCCC1NCCCC1CC. The molecule has 0 aromatic heterocycles. The van der Waals surface area contributed by atoms with Gasteiger partial charge in [0, 0.05) is 6.04 Å². The maximum Gasteiger partial charge on any atom is 0.00951 e. The van der Waals surface area contributed by atoms with Crippen molar-refractivity contribution < 1.29 is 0 Å². The lowest BCUT2D eigenvalue weighted by Gasteiger charge is -2.31. The van der Waals surface area contributed by atoms with Crippen molar-refractivity contribution in [2.24, 2.45) is 5.92 Å². The fraction of sp³-hybridized carbons (Fsp3) is 1.00. The van der Waals surface area contributed by atoms with Crippen molar-refractivity contribution in [1.82, 2.24) is 5.32 Å². The molecule has 1 aliphatic rings. The van der Waals surface area contributed by atoms with Crippen molar-refractivity contribution in [2.45, 2.75) is 65.8 Å². The monoisotopic (exact) mass is 185 g/mol. The summed E-state index contributed by atoms with van der Waals surface area (Å²) in [5.74, 6) is 0.962. The van der Waals surface area contributed by atoms with Crippen molar-refractivity contribution in [1.29, 1.82) is 0 Å². The molecule has 1 heterocycles. The third kappa shape index (κ3) is 4.66. The highest BCUT2D eigenvalue weighted by atomic mass is 14.9. The van der Waals surface area contributed by atoms with E-state index in [1.54, 1.807) is 0 Å². The Balaban J connectivity index is 0.000000671. The Labute approximate surface area is 84.3 Å². The second-order valence-corrected chi connectivity index (χ2v) is 3.66. The maximum absolute atomic E-state index is 3.62.